The molecule has 0 aliphatic carbocycles. The molecule has 5 heteroatoms. The van der Waals surface area contributed by atoms with Gasteiger partial charge in [0.2, 0.25) is 0 Å². The summed E-state index contributed by atoms with van der Waals surface area (Å²) < 4.78 is 0. The molecule has 1 aromatic heterocycles. The van der Waals surface area contributed by atoms with Crippen molar-refractivity contribution < 1.29 is 4.79 Å². The molecule has 0 saturated carbocycles. The molecular formula is C19H26N4O. The Morgan fingerprint density at radius 2 is 2.00 bits per heavy atom. The number of nitrogens with one attached hydrogen (secondary N) is 1. The lowest BCUT2D eigenvalue weighted by Crippen LogP contribution is -2.31. The summed E-state index contributed by atoms with van der Waals surface area (Å²) in [6.45, 7) is 6.38. The highest BCUT2D eigenvalue weighted by molar-refractivity contribution is 6.04. The molecule has 1 amide bonds. The van der Waals surface area contributed by atoms with Crippen molar-refractivity contribution in [3.63, 3.8) is 0 Å². The molecule has 24 heavy (non-hydrogen) atoms. The van der Waals surface area contributed by atoms with E-state index in [4.69, 9.17) is 0 Å². The third kappa shape index (κ3) is 4.80. The van der Waals surface area contributed by atoms with E-state index >= 15 is 0 Å². The predicted octanol–water partition coefficient (Wildman–Crippen LogP) is 3.03. The molecule has 0 atom stereocenters. The van der Waals surface area contributed by atoms with Crippen molar-refractivity contribution in [1.29, 1.82) is 0 Å². The van der Waals surface area contributed by atoms with Gasteiger partial charge in [0.15, 0.2) is 0 Å². The van der Waals surface area contributed by atoms with Crippen LogP contribution in [0.5, 0.6) is 0 Å². The number of carbonyl (C=O) groups excluding carboxylic acids is 1. The Morgan fingerprint density at radius 3 is 2.58 bits per heavy atom. The van der Waals surface area contributed by atoms with Gasteiger partial charge in [-0.3, -0.25) is 4.79 Å². The number of aryl methyl sites for hydroxylation is 1. The maximum absolute atomic E-state index is 12.7. The smallest absolute Gasteiger partial charge is 0.276 e. The number of benzene rings is 1. The normalized spacial score (nSPS) is 10.7. The van der Waals surface area contributed by atoms with E-state index in [-0.39, 0.29) is 5.91 Å². The van der Waals surface area contributed by atoms with Gasteiger partial charge < -0.3 is 15.1 Å². The summed E-state index contributed by atoms with van der Waals surface area (Å²) in [5.74, 6) is -0.0806. The zero-order valence-electron chi connectivity index (χ0n) is 14.9. The van der Waals surface area contributed by atoms with Gasteiger partial charge in [0.05, 0.1) is 11.9 Å². The van der Waals surface area contributed by atoms with E-state index < -0.39 is 0 Å². The standard InChI is InChI=1S/C19H26N4O/c1-5-23(17-8-6-7-15(2)13-17)19(24)18-10-9-16(14-21-18)20-11-12-22(3)4/h6-10,13-14,20H,5,11-12H2,1-4H3. The molecule has 1 aromatic carbocycles. The highest BCUT2D eigenvalue weighted by atomic mass is 16.2. The van der Waals surface area contributed by atoms with Gasteiger partial charge in [-0.2, -0.15) is 0 Å². The summed E-state index contributed by atoms with van der Waals surface area (Å²) in [6.07, 6.45) is 1.72. The molecular weight excluding hydrogens is 300 g/mol. The zero-order valence-corrected chi connectivity index (χ0v) is 14.9. The first-order chi connectivity index (χ1) is 11.5. The van der Waals surface area contributed by atoms with E-state index in [2.05, 4.69) is 15.2 Å². The molecule has 0 unspecified atom stereocenters. The number of amides is 1. The lowest BCUT2D eigenvalue weighted by molar-refractivity contribution is 0.0983. The van der Waals surface area contributed by atoms with E-state index in [0.717, 1.165) is 30.0 Å². The Bertz CT molecular complexity index is 667. The Hall–Kier alpha value is -2.40. The molecule has 2 aromatic rings. The summed E-state index contributed by atoms with van der Waals surface area (Å²) >= 11 is 0. The third-order valence-electron chi connectivity index (χ3n) is 3.75. The molecule has 0 fully saturated rings. The van der Waals surface area contributed by atoms with Gasteiger partial charge in [0.25, 0.3) is 5.91 Å². The largest absolute Gasteiger partial charge is 0.383 e. The van der Waals surface area contributed by atoms with Crippen molar-refractivity contribution in [2.24, 2.45) is 0 Å². The predicted molar refractivity (Wildman–Crippen MR) is 99.8 cm³/mol. The van der Waals surface area contributed by atoms with Crippen LogP contribution in [0.3, 0.4) is 0 Å². The number of nitrogens with zero attached hydrogens (tertiary/aromatic N) is 3. The molecule has 1 heterocycles. The van der Waals surface area contributed by atoms with Crippen LogP contribution in [0.4, 0.5) is 11.4 Å². The van der Waals surface area contributed by atoms with E-state index in [1.807, 2.05) is 58.3 Å². The second kappa shape index (κ2) is 8.45. The SMILES string of the molecule is CCN(C(=O)c1ccc(NCCN(C)C)cn1)c1cccc(C)c1. The first-order valence-electron chi connectivity index (χ1n) is 8.24. The topological polar surface area (TPSA) is 48.5 Å². The minimum Gasteiger partial charge on any atom is -0.383 e. The molecule has 0 aliphatic rings. The van der Waals surface area contributed by atoms with Crippen LogP contribution in [0, 0.1) is 6.92 Å². The average molecular weight is 326 g/mol. The Balaban J connectivity index is 2.08. The van der Waals surface area contributed by atoms with Crippen LogP contribution in [-0.4, -0.2) is 49.5 Å². The third-order valence-corrected chi connectivity index (χ3v) is 3.75. The Labute approximate surface area is 144 Å². The van der Waals surface area contributed by atoms with Crippen LogP contribution in [-0.2, 0) is 0 Å². The van der Waals surface area contributed by atoms with Crippen molar-refractivity contribution in [1.82, 2.24) is 9.88 Å². The van der Waals surface area contributed by atoms with Crippen molar-refractivity contribution in [2.75, 3.05) is 43.9 Å². The van der Waals surface area contributed by atoms with Gasteiger partial charge in [-0.15, -0.1) is 0 Å². The van der Waals surface area contributed by atoms with Gasteiger partial charge in [0, 0.05) is 25.3 Å². The maximum Gasteiger partial charge on any atom is 0.276 e. The van der Waals surface area contributed by atoms with Crippen molar-refractivity contribution in [3.05, 3.63) is 53.9 Å². The van der Waals surface area contributed by atoms with Gasteiger partial charge >= 0.3 is 0 Å². The fraction of sp³-hybridized carbons (Fsp3) is 0.368. The van der Waals surface area contributed by atoms with Crippen LogP contribution in [0.15, 0.2) is 42.6 Å². The lowest BCUT2D eigenvalue weighted by Gasteiger charge is -2.21. The molecule has 5 nitrogen and oxygen atoms in total. The van der Waals surface area contributed by atoms with Crippen LogP contribution >= 0.6 is 0 Å². The first kappa shape index (κ1) is 17.9. The number of carbonyl (C=O) groups is 1. The molecule has 0 spiro atoms. The number of aromatic nitrogens is 1. The summed E-state index contributed by atoms with van der Waals surface area (Å²) in [5.41, 5.74) is 3.41. The molecule has 2 rings (SSSR count). The molecule has 0 bridgehead atoms. The quantitative estimate of drug-likeness (QED) is 0.850. The van der Waals surface area contributed by atoms with Crippen LogP contribution < -0.4 is 10.2 Å². The first-order valence-corrected chi connectivity index (χ1v) is 8.24. The summed E-state index contributed by atoms with van der Waals surface area (Å²) in [6, 6.07) is 11.6. The van der Waals surface area contributed by atoms with E-state index in [9.17, 15) is 4.79 Å². The fourth-order valence-corrected chi connectivity index (χ4v) is 2.43. The Morgan fingerprint density at radius 1 is 1.21 bits per heavy atom. The second-order valence-electron chi connectivity index (χ2n) is 6.05. The summed E-state index contributed by atoms with van der Waals surface area (Å²) in [4.78, 5) is 20.9. The van der Waals surface area contributed by atoms with Crippen molar-refractivity contribution in [3.8, 4) is 0 Å². The Kier molecular flexibility index (Phi) is 6.32. The van der Waals surface area contributed by atoms with E-state index in [1.165, 1.54) is 0 Å². The second-order valence-corrected chi connectivity index (χ2v) is 6.05. The summed E-state index contributed by atoms with van der Waals surface area (Å²) in [7, 11) is 4.07. The van der Waals surface area contributed by atoms with E-state index in [1.54, 1.807) is 17.2 Å². The minimum atomic E-state index is -0.0806. The molecule has 1 N–H and O–H groups in total. The summed E-state index contributed by atoms with van der Waals surface area (Å²) in [5, 5.41) is 3.30. The van der Waals surface area contributed by atoms with Gasteiger partial charge in [-0.05, 0) is 57.8 Å². The molecule has 0 radical (unpaired) electrons. The van der Waals surface area contributed by atoms with Gasteiger partial charge in [0.1, 0.15) is 5.69 Å². The monoisotopic (exact) mass is 326 g/mol. The van der Waals surface area contributed by atoms with Crippen molar-refractivity contribution >= 4 is 17.3 Å². The molecule has 0 aliphatic heterocycles. The number of rotatable bonds is 7. The van der Waals surface area contributed by atoms with E-state index in [0.29, 0.717) is 12.2 Å². The number of hydrogen-bond donors (Lipinski definition) is 1. The molecule has 0 saturated heterocycles. The minimum absolute atomic E-state index is 0.0806. The van der Waals surface area contributed by atoms with Crippen molar-refractivity contribution in [2.45, 2.75) is 13.8 Å². The maximum atomic E-state index is 12.7. The fourth-order valence-electron chi connectivity index (χ4n) is 2.43. The van der Waals surface area contributed by atoms with Gasteiger partial charge in [-0.1, -0.05) is 12.1 Å². The number of hydrogen-bond acceptors (Lipinski definition) is 4. The molecule has 128 valence electrons. The highest BCUT2D eigenvalue weighted by Crippen LogP contribution is 2.18. The van der Waals surface area contributed by atoms with Crippen LogP contribution in [0.25, 0.3) is 0 Å². The van der Waals surface area contributed by atoms with Crippen LogP contribution in [0.2, 0.25) is 0 Å². The van der Waals surface area contributed by atoms with Gasteiger partial charge in [-0.25, -0.2) is 4.98 Å². The highest BCUT2D eigenvalue weighted by Gasteiger charge is 2.17. The average Bonchev–Trinajstić information content (AvgIpc) is 2.56. The number of likely N-dealkylation sites (N-methyl/N-ethyl adjacent to an activating group) is 1. The number of anilines is 2. The van der Waals surface area contributed by atoms with Crippen LogP contribution in [0.1, 0.15) is 23.0 Å². The number of pyridine rings is 1. The lowest BCUT2D eigenvalue weighted by atomic mass is 10.2. The zero-order chi connectivity index (χ0) is 17.5.